The molecule has 0 spiro atoms. The fourth-order valence-corrected chi connectivity index (χ4v) is 2.39. The lowest BCUT2D eigenvalue weighted by molar-refractivity contribution is 0.574. The van der Waals surface area contributed by atoms with E-state index < -0.39 is 0 Å². The first kappa shape index (κ1) is 14.4. The average molecular weight is 289 g/mol. The van der Waals surface area contributed by atoms with Crippen LogP contribution in [0.15, 0.2) is 73.2 Å². The molecule has 0 radical (unpaired) electrons. The monoisotopic (exact) mass is 289 g/mol. The van der Waals surface area contributed by atoms with Crippen LogP contribution in [0.2, 0.25) is 0 Å². The highest BCUT2D eigenvalue weighted by Crippen LogP contribution is 2.17. The first-order valence-corrected chi connectivity index (χ1v) is 7.46. The predicted octanol–water partition coefficient (Wildman–Crippen LogP) is 3.99. The molecule has 3 rings (SSSR count). The second-order valence-electron chi connectivity index (χ2n) is 5.30. The quantitative estimate of drug-likeness (QED) is 0.771. The Morgan fingerprint density at radius 3 is 2.64 bits per heavy atom. The summed E-state index contributed by atoms with van der Waals surface area (Å²) >= 11 is 0. The van der Waals surface area contributed by atoms with Gasteiger partial charge in [-0.05, 0) is 42.3 Å². The maximum atomic E-state index is 4.43. The second kappa shape index (κ2) is 6.96. The zero-order valence-electron chi connectivity index (χ0n) is 12.6. The number of hydrogen-bond acceptors (Lipinski definition) is 3. The van der Waals surface area contributed by atoms with Crippen LogP contribution in [0.25, 0.3) is 11.3 Å². The summed E-state index contributed by atoms with van der Waals surface area (Å²) in [5.41, 5.74) is 4.51. The molecule has 110 valence electrons. The number of rotatable bonds is 5. The van der Waals surface area contributed by atoms with Crippen molar-refractivity contribution >= 4 is 0 Å². The lowest BCUT2D eigenvalue weighted by Gasteiger charge is -2.14. The lowest BCUT2D eigenvalue weighted by Crippen LogP contribution is -2.18. The van der Waals surface area contributed by atoms with E-state index in [1.165, 1.54) is 11.1 Å². The molecule has 3 heteroatoms. The van der Waals surface area contributed by atoms with Crippen molar-refractivity contribution in [2.24, 2.45) is 0 Å². The van der Waals surface area contributed by atoms with Crippen LogP contribution >= 0.6 is 0 Å². The SMILES string of the molecule is CC(NCc1ccnc(-c2cccnc2)c1)c1ccccc1. The van der Waals surface area contributed by atoms with Gasteiger partial charge in [-0.2, -0.15) is 0 Å². The van der Waals surface area contributed by atoms with Crippen LogP contribution in [0.4, 0.5) is 0 Å². The fourth-order valence-electron chi connectivity index (χ4n) is 2.39. The van der Waals surface area contributed by atoms with E-state index in [-0.39, 0.29) is 0 Å². The van der Waals surface area contributed by atoms with Gasteiger partial charge in [0.25, 0.3) is 0 Å². The van der Waals surface area contributed by atoms with Crippen molar-refractivity contribution < 1.29 is 0 Å². The molecule has 2 aromatic heterocycles. The smallest absolute Gasteiger partial charge is 0.0720 e. The zero-order chi connectivity index (χ0) is 15.2. The minimum absolute atomic E-state index is 0.316. The minimum atomic E-state index is 0.316. The molecule has 0 saturated heterocycles. The third-order valence-corrected chi connectivity index (χ3v) is 3.69. The summed E-state index contributed by atoms with van der Waals surface area (Å²) < 4.78 is 0. The van der Waals surface area contributed by atoms with E-state index in [2.05, 4.69) is 52.5 Å². The molecule has 1 unspecified atom stereocenters. The van der Waals surface area contributed by atoms with Gasteiger partial charge < -0.3 is 5.32 Å². The maximum Gasteiger partial charge on any atom is 0.0720 e. The minimum Gasteiger partial charge on any atom is -0.306 e. The van der Waals surface area contributed by atoms with Gasteiger partial charge in [-0.1, -0.05) is 30.3 Å². The van der Waals surface area contributed by atoms with Crippen molar-refractivity contribution in [3.05, 3.63) is 84.3 Å². The van der Waals surface area contributed by atoms with Crippen molar-refractivity contribution in [2.45, 2.75) is 19.5 Å². The second-order valence-corrected chi connectivity index (χ2v) is 5.30. The largest absolute Gasteiger partial charge is 0.306 e. The van der Waals surface area contributed by atoms with Gasteiger partial charge in [0.05, 0.1) is 5.69 Å². The van der Waals surface area contributed by atoms with Gasteiger partial charge >= 0.3 is 0 Å². The van der Waals surface area contributed by atoms with Crippen LogP contribution in [-0.4, -0.2) is 9.97 Å². The van der Waals surface area contributed by atoms with E-state index in [1.54, 1.807) is 6.20 Å². The van der Waals surface area contributed by atoms with Crippen LogP contribution < -0.4 is 5.32 Å². The predicted molar refractivity (Wildman–Crippen MR) is 89.2 cm³/mol. The summed E-state index contributed by atoms with van der Waals surface area (Å²) in [7, 11) is 0. The van der Waals surface area contributed by atoms with Crippen molar-refractivity contribution in [3.63, 3.8) is 0 Å². The van der Waals surface area contributed by atoms with Crippen molar-refractivity contribution in [1.29, 1.82) is 0 Å². The number of pyridine rings is 2. The lowest BCUT2D eigenvalue weighted by atomic mass is 10.1. The molecule has 3 nitrogen and oxygen atoms in total. The van der Waals surface area contributed by atoms with E-state index in [0.29, 0.717) is 6.04 Å². The highest BCUT2D eigenvalue weighted by Gasteiger charge is 2.05. The first-order chi connectivity index (χ1) is 10.8. The number of benzene rings is 1. The molecule has 0 fully saturated rings. The van der Waals surface area contributed by atoms with Crippen molar-refractivity contribution in [1.82, 2.24) is 15.3 Å². The molecule has 0 aliphatic carbocycles. The summed E-state index contributed by atoms with van der Waals surface area (Å²) in [5, 5.41) is 3.55. The molecule has 22 heavy (non-hydrogen) atoms. The fraction of sp³-hybridized carbons (Fsp3) is 0.158. The number of aromatic nitrogens is 2. The molecule has 1 N–H and O–H groups in total. The molecule has 0 amide bonds. The molecule has 1 atom stereocenters. The van der Waals surface area contributed by atoms with Gasteiger partial charge in [-0.3, -0.25) is 9.97 Å². The van der Waals surface area contributed by atoms with Gasteiger partial charge in [0.1, 0.15) is 0 Å². The highest BCUT2D eigenvalue weighted by atomic mass is 14.9. The number of nitrogens with zero attached hydrogens (tertiary/aromatic N) is 2. The Morgan fingerprint density at radius 1 is 1.00 bits per heavy atom. The molecular weight excluding hydrogens is 270 g/mol. The molecule has 3 aromatic rings. The molecular formula is C19H19N3. The standard InChI is InChI=1S/C19H19N3/c1-15(17-6-3-2-4-7-17)22-13-16-9-11-21-19(12-16)18-8-5-10-20-14-18/h2-12,14-15,22H,13H2,1H3. The molecule has 0 aliphatic heterocycles. The van der Waals surface area contributed by atoms with E-state index in [1.807, 2.05) is 36.7 Å². The summed E-state index contributed by atoms with van der Waals surface area (Å²) in [6, 6.07) is 18.9. The highest BCUT2D eigenvalue weighted by molar-refractivity contribution is 5.58. The van der Waals surface area contributed by atoms with E-state index in [0.717, 1.165) is 17.8 Å². The van der Waals surface area contributed by atoms with Crippen molar-refractivity contribution in [3.8, 4) is 11.3 Å². The Labute approximate surface area is 131 Å². The Bertz CT molecular complexity index is 711. The van der Waals surface area contributed by atoms with Crippen LogP contribution in [0.3, 0.4) is 0 Å². The molecule has 2 heterocycles. The van der Waals surface area contributed by atoms with Gasteiger partial charge in [0, 0.05) is 36.7 Å². The Morgan fingerprint density at radius 2 is 1.86 bits per heavy atom. The molecule has 0 saturated carbocycles. The summed E-state index contributed by atoms with van der Waals surface area (Å²) in [4.78, 5) is 8.58. The van der Waals surface area contributed by atoms with Gasteiger partial charge in [0.15, 0.2) is 0 Å². The summed E-state index contributed by atoms with van der Waals surface area (Å²) in [6.07, 6.45) is 5.47. The third kappa shape index (κ3) is 3.57. The van der Waals surface area contributed by atoms with E-state index >= 15 is 0 Å². The van der Waals surface area contributed by atoms with Crippen LogP contribution in [0, 0.1) is 0 Å². The van der Waals surface area contributed by atoms with E-state index in [4.69, 9.17) is 0 Å². The Kier molecular flexibility index (Phi) is 4.56. The number of hydrogen-bond donors (Lipinski definition) is 1. The summed E-state index contributed by atoms with van der Waals surface area (Å²) in [6.45, 7) is 2.99. The van der Waals surface area contributed by atoms with Crippen LogP contribution in [0.1, 0.15) is 24.1 Å². The van der Waals surface area contributed by atoms with Gasteiger partial charge in [-0.25, -0.2) is 0 Å². The zero-order valence-corrected chi connectivity index (χ0v) is 12.6. The maximum absolute atomic E-state index is 4.43. The van der Waals surface area contributed by atoms with Crippen LogP contribution in [-0.2, 0) is 6.54 Å². The average Bonchev–Trinajstić information content (AvgIpc) is 2.61. The molecule has 0 aliphatic rings. The summed E-state index contributed by atoms with van der Waals surface area (Å²) in [5.74, 6) is 0. The van der Waals surface area contributed by atoms with Gasteiger partial charge in [0.2, 0.25) is 0 Å². The Balaban J connectivity index is 1.69. The molecule has 1 aromatic carbocycles. The Hall–Kier alpha value is -2.52. The van der Waals surface area contributed by atoms with Crippen LogP contribution in [0.5, 0.6) is 0 Å². The third-order valence-electron chi connectivity index (χ3n) is 3.69. The normalized spacial score (nSPS) is 12.0. The topological polar surface area (TPSA) is 37.8 Å². The first-order valence-electron chi connectivity index (χ1n) is 7.46. The number of nitrogens with one attached hydrogen (secondary N) is 1. The van der Waals surface area contributed by atoms with Gasteiger partial charge in [-0.15, -0.1) is 0 Å². The molecule has 0 bridgehead atoms. The van der Waals surface area contributed by atoms with Crippen molar-refractivity contribution in [2.75, 3.05) is 0 Å². The van der Waals surface area contributed by atoms with E-state index in [9.17, 15) is 0 Å².